The molecule has 1 aromatic rings. The summed E-state index contributed by atoms with van der Waals surface area (Å²) < 4.78 is 0. The molecule has 1 atom stereocenters. The first-order valence-electron chi connectivity index (χ1n) is 8.96. The van der Waals surface area contributed by atoms with Crippen LogP contribution < -0.4 is 0 Å². The number of nitrogens with zero attached hydrogens (tertiary/aromatic N) is 3. The van der Waals surface area contributed by atoms with Crippen LogP contribution in [0.2, 0.25) is 0 Å². The zero-order chi connectivity index (χ0) is 17.8. The van der Waals surface area contributed by atoms with Gasteiger partial charge in [0.05, 0.1) is 0 Å². The van der Waals surface area contributed by atoms with Crippen LogP contribution in [0.5, 0.6) is 0 Å². The molecule has 0 saturated carbocycles. The lowest BCUT2D eigenvalue weighted by Gasteiger charge is -2.32. The van der Waals surface area contributed by atoms with Gasteiger partial charge < -0.3 is 14.7 Å². The van der Waals surface area contributed by atoms with E-state index in [1.54, 1.807) is 34.1 Å². The molecule has 0 spiro atoms. The van der Waals surface area contributed by atoms with E-state index >= 15 is 0 Å². The average molecular weight is 343 g/mol. The number of hydrogen-bond acceptors (Lipinski definition) is 3. The lowest BCUT2D eigenvalue weighted by Crippen LogP contribution is -2.48. The van der Waals surface area contributed by atoms with Crippen molar-refractivity contribution >= 4 is 18.2 Å². The summed E-state index contributed by atoms with van der Waals surface area (Å²) in [6, 6.07) is 6.96. The lowest BCUT2D eigenvalue weighted by molar-refractivity contribution is -0.119. The maximum atomic E-state index is 12.6. The van der Waals surface area contributed by atoms with Gasteiger partial charge in [0.15, 0.2) is 0 Å². The van der Waals surface area contributed by atoms with Crippen molar-refractivity contribution in [2.75, 3.05) is 39.3 Å². The van der Waals surface area contributed by atoms with Gasteiger partial charge in [0.2, 0.25) is 6.41 Å². The van der Waals surface area contributed by atoms with Gasteiger partial charge in [-0.15, -0.1) is 0 Å². The van der Waals surface area contributed by atoms with E-state index in [2.05, 4.69) is 6.92 Å². The number of hydrogen-bond donors (Lipinski definition) is 0. The van der Waals surface area contributed by atoms with Crippen molar-refractivity contribution in [3.8, 4) is 0 Å². The molecule has 1 unspecified atom stereocenters. The van der Waals surface area contributed by atoms with Crippen LogP contribution in [-0.4, -0.2) is 72.2 Å². The molecule has 3 amide bonds. The van der Waals surface area contributed by atoms with E-state index in [0.717, 1.165) is 25.9 Å². The molecule has 134 valence electrons. The molecule has 0 radical (unpaired) electrons. The Labute approximate surface area is 148 Å². The molecular weight excluding hydrogens is 318 g/mol. The Kier molecular flexibility index (Phi) is 5.36. The molecule has 25 heavy (non-hydrogen) atoms. The number of piperazine rings is 1. The zero-order valence-electron chi connectivity index (χ0n) is 14.7. The van der Waals surface area contributed by atoms with E-state index in [-0.39, 0.29) is 11.8 Å². The molecule has 2 aliphatic heterocycles. The van der Waals surface area contributed by atoms with Crippen molar-refractivity contribution in [2.45, 2.75) is 19.8 Å². The van der Waals surface area contributed by atoms with Crippen LogP contribution in [0.4, 0.5) is 0 Å². The Balaban J connectivity index is 1.62. The Hall–Kier alpha value is -2.37. The quantitative estimate of drug-likeness (QED) is 0.781. The molecule has 2 aliphatic rings. The molecule has 0 aliphatic carbocycles. The molecule has 0 N–H and O–H groups in total. The lowest BCUT2D eigenvalue weighted by atomic mass is 9.99. The van der Waals surface area contributed by atoms with Gasteiger partial charge in [-0.1, -0.05) is 6.92 Å². The van der Waals surface area contributed by atoms with Gasteiger partial charge in [-0.05, 0) is 43.0 Å². The Bertz CT molecular complexity index is 636. The van der Waals surface area contributed by atoms with Crippen LogP contribution in [0, 0.1) is 5.92 Å². The maximum absolute atomic E-state index is 12.6. The highest BCUT2D eigenvalue weighted by atomic mass is 16.2. The minimum Gasteiger partial charge on any atom is -0.342 e. The summed E-state index contributed by atoms with van der Waals surface area (Å²) in [5.41, 5.74) is 1.22. The summed E-state index contributed by atoms with van der Waals surface area (Å²) >= 11 is 0. The zero-order valence-corrected chi connectivity index (χ0v) is 14.7. The van der Waals surface area contributed by atoms with E-state index in [1.165, 1.54) is 6.42 Å². The van der Waals surface area contributed by atoms with E-state index in [1.807, 2.05) is 4.90 Å². The fourth-order valence-electron chi connectivity index (χ4n) is 3.52. The van der Waals surface area contributed by atoms with Crippen molar-refractivity contribution in [3.05, 3.63) is 35.4 Å². The van der Waals surface area contributed by atoms with Gasteiger partial charge in [0.1, 0.15) is 0 Å². The highest BCUT2D eigenvalue weighted by molar-refractivity contribution is 5.98. The topological polar surface area (TPSA) is 60.9 Å². The summed E-state index contributed by atoms with van der Waals surface area (Å²) in [6.07, 6.45) is 3.05. The highest BCUT2D eigenvalue weighted by Gasteiger charge is 2.24. The Morgan fingerprint density at radius 1 is 0.920 bits per heavy atom. The molecular formula is C19H25N3O3. The fraction of sp³-hybridized carbons (Fsp3) is 0.526. The predicted molar refractivity (Wildman–Crippen MR) is 94.3 cm³/mol. The van der Waals surface area contributed by atoms with Gasteiger partial charge in [-0.25, -0.2) is 0 Å². The number of carbonyl (C=O) groups is 3. The van der Waals surface area contributed by atoms with Gasteiger partial charge >= 0.3 is 0 Å². The van der Waals surface area contributed by atoms with Gasteiger partial charge in [-0.2, -0.15) is 0 Å². The monoisotopic (exact) mass is 343 g/mol. The summed E-state index contributed by atoms with van der Waals surface area (Å²) in [4.78, 5) is 41.2. The first kappa shape index (κ1) is 17.5. The largest absolute Gasteiger partial charge is 0.342 e. The standard InChI is InChI=1S/C19H25N3O3/c1-15-3-2-8-22(13-15)19(25)17-6-4-16(5-7-17)18(24)21-11-9-20(14-23)10-12-21/h4-7,14-15H,2-3,8-13H2,1H3. The molecule has 0 bridgehead atoms. The summed E-state index contributed by atoms with van der Waals surface area (Å²) in [5.74, 6) is 0.546. The molecule has 2 fully saturated rings. The van der Waals surface area contributed by atoms with Crippen LogP contribution in [0.15, 0.2) is 24.3 Å². The van der Waals surface area contributed by atoms with Crippen molar-refractivity contribution in [1.82, 2.24) is 14.7 Å². The summed E-state index contributed by atoms with van der Waals surface area (Å²) in [7, 11) is 0. The number of benzene rings is 1. The van der Waals surface area contributed by atoms with Crippen molar-refractivity contribution < 1.29 is 14.4 Å². The molecule has 2 heterocycles. The third-order valence-electron chi connectivity index (χ3n) is 5.07. The first-order valence-corrected chi connectivity index (χ1v) is 8.96. The molecule has 2 saturated heterocycles. The number of carbonyl (C=O) groups excluding carboxylic acids is 3. The molecule has 3 rings (SSSR count). The maximum Gasteiger partial charge on any atom is 0.253 e. The minimum absolute atomic E-state index is 0.0452. The SMILES string of the molecule is CC1CCCN(C(=O)c2ccc(C(=O)N3CCN(C=O)CC3)cc2)C1. The van der Waals surface area contributed by atoms with E-state index < -0.39 is 0 Å². The van der Waals surface area contributed by atoms with Crippen molar-refractivity contribution in [1.29, 1.82) is 0 Å². The smallest absolute Gasteiger partial charge is 0.253 e. The van der Waals surface area contributed by atoms with Crippen LogP contribution in [0.3, 0.4) is 0 Å². The number of amides is 3. The number of rotatable bonds is 3. The first-order chi connectivity index (χ1) is 12.1. The normalized spacial score (nSPS) is 21.2. The van der Waals surface area contributed by atoms with Gasteiger partial charge in [0, 0.05) is 50.4 Å². The van der Waals surface area contributed by atoms with Crippen LogP contribution >= 0.6 is 0 Å². The fourth-order valence-corrected chi connectivity index (χ4v) is 3.52. The van der Waals surface area contributed by atoms with Crippen LogP contribution in [0.1, 0.15) is 40.5 Å². The second-order valence-electron chi connectivity index (χ2n) is 7.01. The number of piperidine rings is 1. The molecule has 0 aromatic heterocycles. The Morgan fingerprint density at radius 2 is 1.48 bits per heavy atom. The summed E-state index contributed by atoms with van der Waals surface area (Å²) in [6.45, 7) is 6.02. The van der Waals surface area contributed by atoms with Crippen LogP contribution in [-0.2, 0) is 4.79 Å². The predicted octanol–water partition coefficient (Wildman–Crippen LogP) is 1.47. The third-order valence-corrected chi connectivity index (χ3v) is 5.07. The van der Waals surface area contributed by atoms with Gasteiger partial charge in [0.25, 0.3) is 11.8 Å². The molecule has 1 aromatic carbocycles. The Morgan fingerprint density at radius 3 is 2.00 bits per heavy atom. The number of likely N-dealkylation sites (tertiary alicyclic amines) is 1. The van der Waals surface area contributed by atoms with E-state index in [9.17, 15) is 14.4 Å². The van der Waals surface area contributed by atoms with Gasteiger partial charge in [-0.3, -0.25) is 14.4 Å². The van der Waals surface area contributed by atoms with E-state index in [0.29, 0.717) is 43.2 Å². The average Bonchev–Trinajstić information content (AvgIpc) is 2.67. The molecule has 6 nitrogen and oxygen atoms in total. The van der Waals surface area contributed by atoms with Crippen molar-refractivity contribution in [2.24, 2.45) is 5.92 Å². The minimum atomic E-state index is -0.0452. The second-order valence-corrected chi connectivity index (χ2v) is 7.01. The molecule has 6 heteroatoms. The third kappa shape index (κ3) is 4.00. The van der Waals surface area contributed by atoms with Crippen LogP contribution in [0.25, 0.3) is 0 Å². The van der Waals surface area contributed by atoms with Crippen molar-refractivity contribution in [3.63, 3.8) is 0 Å². The highest BCUT2D eigenvalue weighted by Crippen LogP contribution is 2.18. The van der Waals surface area contributed by atoms with E-state index in [4.69, 9.17) is 0 Å². The summed E-state index contributed by atoms with van der Waals surface area (Å²) in [5, 5.41) is 0. The second kappa shape index (κ2) is 7.68.